The van der Waals surface area contributed by atoms with Crippen LogP contribution >= 0.6 is 0 Å². The summed E-state index contributed by atoms with van der Waals surface area (Å²) >= 11 is 0. The Balaban J connectivity index is 1.78. The summed E-state index contributed by atoms with van der Waals surface area (Å²) in [6.07, 6.45) is 0.541. The van der Waals surface area contributed by atoms with E-state index in [2.05, 4.69) is 10.2 Å². The fourth-order valence-electron chi connectivity index (χ4n) is 6.13. The highest BCUT2D eigenvalue weighted by atomic mass is 16.6. The van der Waals surface area contributed by atoms with E-state index in [4.69, 9.17) is 18.9 Å². The zero-order valence-electron chi connectivity index (χ0n) is 34.0. The molecule has 0 saturated carbocycles. The lowest BCUT2D eigenvalue weighted by Gasteiger charge is -2.37. The summed E-state index contributed by atoms with van der Waals surface area (Å²) in [7, 11) is 0. The Kier molecular flexibility index (Phi) is 15.8. The number of anilines is 1. The van der Waals surface area contributed by atoms with Crippen molar-refractivity contribution in [3.8, 4) is 0 Å². The highest BCUT2D eigenvalue weighted by Crippen LogP contribution is 2.29. The number of ether oxygens (including phenoxy) is 4. The fourth-order valence-corrected chi connectivity index (χ4v) is 6.13. The van der Waals surface area contributed by atoms with Gasteiger partial charge in [-0.3, -0.25) is 28.9 Å². The summed E-state index contributed by atoms with van der Waals surface area (Å²) < 4.78 is 22.1. The molecule has 0 aromatic heterocycles. The summed E-state index contributed by atoms with van der Waals surface area (Å²) in [4.78, 5) is 95.0. The maximum absolute atomic E-state index is 14.0. The quantitative estimate of drug-likeness (QED) is 0.155. The van der Waals surface area contributed by atoms with Gasteiger partial charge in [0.05, 0.1) is 11.8 Å². The standard InChI is InChI=1S/C40H60N4O11/c1-27(45)52-26-40(8,9)34(48)35(49)44-19-11-10-15-30(44)36(50)53-31(18-20-42-21-23-43(24-22-42)37(51)55-39(5,6)7)28-13-12-14-29(25-28)41-32(46)16-17-33(47)54-38(2,3)4/h12-14,25,30-31H,10-11,15-24,26H2,1-9H3,(H,41,46)/t30-,31+/m0/s1. The number of rotatable bonds is 14. The van der Waals surface area contributed by atoms with Crippen molar-refractivity contribution in [1.82, 2.24) is 14.7 Å². The van der Waals surface area contributed by atoms with Crippen molar-refractivity contribution in [2.75, 3.05) is 51.2 Å². The Morgan fingerprint density at radius 1 is 0.836 bits per heavy atom. The molecule has 2 fully saturated rings. The van der Waals surface area contributed by atoms with Crippen LogP contribution in [0.5, 0.6) is 0 Å². The summed E-state index contributed by atoms with van der Waals surface area (Å²) in [6.45, 7) is 17.4. The van der Waals surface area contributed by atoms with Crippen LogP contribution in [0.25, 0.3) is 0 Å². The maximum Gasteiger partial charge on any atom is 0.410 e. The van der Waals surface area contributed by atoms with Crippen molar-refractivity contribution < 1.29 is 52.5 Å². The van der Waals surface area contributed by atoms with E-state index in [1.807, 2.05) is 20.8 Å². The average Bonchev–Trinajstić information content (AvgIpc) is 3.09. The molecule has 55 heavy (non-hydrogen) atoms. The van der Waals surface area contributed by atoms with E-state index in [1.54, 1.807) is 49.9 Å². The van der Waals surface area contributed by atoms with E-state index in [1.165, 1.54) is 25.7 Å². The number of piperidine rings is 1. The number of benzene rings is 1. The molecule has 2 saturated heterocycles. The molecule has 1 aromatic rings. The Hall–Kier alpha value is -4.53. The molecule has 0 aliphatic carbocycles. The minimum atomic E-state index is -1.30. The van der Waals surface area contributed by atoms with Crippen LogP contribution in [0.4, 0.5) is 10.5 Å². The number of Topliss-reactive ketones (excluding diaryl/α,β-unsaturated/α-hetero) is 1. The molecule has 2 aliphatic heterocycles. The Morgan fingerprint density at radius 3 is 2.11 bits per heavy atom. The van der Waals surface area contributed by atoms with Crippen molar-refractivity contribution in [1.29, 1.82) is 0 Å². The zero-order chi connectivity index (χ0) is 41.1. The molecule has 0 bridgehead atoms. The predicted octanol–water partition coefficient (Wildman–Crippen LogP) is 4.81. The van der Waals surface area contributed by atoms with Gasteiger partial charge in [-0.1, -0.05) is 12.1 Å². The molecule has 3 amide bonds. The zero-order valence-corrected chi connectivity index (χ0v) is 34.0. The van der Waals surface area contributed by atoms with Gasteiger partial charge in [0.15, 0.2) is 0 Å². The molecule has 0 unspecified atom stereocenters. The summed E-state index contributed by atoms with van der Waals surface area (Å²) in [5.41, 5.74) is -1.54. The normalized spacial score (nSPS) is 17.4. The molecular weight excluding hydrogens is 712 g/mol. The van der Waals surface area contributed by atoms with Gasteiger partial charge in [0.25, 0.3) is 5.91 Å². The lowest BCUT2D eigenvalue weighted by Crippen LogP contribution is -2.54. The van der Waals surface area contributed by atoms with Gasteiger partial charge in [-0.05, 0) is 92.3 Å². The van der Waals surface area contributed by atoms with E-state index in [-0.39, 0.29) is 32.1 Å². The molecule has 0 radical (unpaired) electrons. The third-order valence-electron chi connectivity index (χ3n) is 8.99. The number of amides is 3. The third-order valence-corrected chi connectivity index (χ3v) is 8.99. The molecule has 1 aromatic carbocycles. The third kappa shape index (κ3) is 14.9. The first-order valence-electron chi connectivity index (χ1n) is 19.1. The van der Waals surface area contributed by atoms with Gasteiger partial charge in [-0.25, -0.2) is 9.59 Å². The van der Waals surface area contributed by atoms with E-state index in [0.29, 0.717) is 69.7 Å². The number of hydrogen-bond donors (Lipinski definition) is 1. The van der Waals surface area contributed by atoms with Crippen LogP contribution in [0.2, 0.25) is 0 Å². The van der Waals surface area contributed by atoms with Gasteiger partial charge in [0.1, 0.15) is 30.0 Å². The molecule has 2 heterocycles. The van der Waals surface area contributed by atoms with Crippen LogP contribution in [0.15, 0.2) is 24.3 Å². The number of hydrogen-bond acceptors (Lipinski definition) is 12. The maximum atomic E-state index is 14.0. The van der Waals surface area contributed by atoms with Crippen molar-refractivity contribution in [2.45, 2.75) is 124 Å². The summed E-state index contributed by atoms with van der Waals surface area (Å²) in [5, 5.41) is 2.81. The molecular formula is C40H60N4O11. The van der Waals surface area contributed by atoms with Crippen LogP contribution in [0.3, 0.4) is 0 Å². The lowest BCUT2D eigenvalue weighted by molar-refractivity contribution is -0.165. The second kappa shape index (κ2) is 19.4. The van der Waals surface area contributed by atoms with Crippen LogP contribution in [-0.4, -0.2) is 119 Å². The van der Waals surface area contributed by atoms with Crippen LogP contribution in [0.1, 0.15) is 113 Å². The topological polar surface area (TPSA) is 178 Å². The number of piperazine rings is 1. The Labute approximate surface area is 324 Å². The van der Waals surface area contributed by atoms with Gasteiger partial charge in [0.2, 0.25) is 11.7 Å². The number of ketones is 1. The highest BCUT2D eigenvalue weighted by molar-refractivity contribution is 6.38. The van der Waals surface area contributed by atoms with Crippen LogP contribution in [-0.2, 0) is 47.7 Å². The average molecular weight is 773 g/mol. The number of esters is 3. The van der Waals surface area contributed by atoms with E-state index >= 15 is 0 Å². The monoisotopic (exact) mass is 772 g/mol. The van der Waals surface area contributed by atoms with Gasteiger partial charge in [-0.2, -0.15) is 0 Å². The predicted molar refractivity (Wildman–Crippen MR) is 203 cm³/mol. The first-order valence-corrected chi connectivity index (χ1v) is 19.1. The van der Waals surface area contributed by atoms with Gasteiger partial charge in [-0.15, -0.1) is 0 Å². The van der Waals surface area contributed by atoms with Crippen LogP contribution < -0.4 is 5.32 Å². The number of carbonyl (C=O) groups excluding carboxylic acids is 7. The van der Waals surface area contributed by atoms with Crippen molar-refractivity contribution in [3.05, 3.63) is 29.8 Å². The van der Waals surface area contributed by atoms with Gasteiger partial charge >= 0.3 is 24.0 Å². The molecule has 3 rings (SSSR count). The molecule has 15 nitrogen and oxygen atoms in total. The second-order valence-electron chi connectivity index (χ2n) is 16.8. The Bertz CT molecular complexity index is 1550. The molecule has 15 heteroatoms. The molecule has 306 valence electrons. The van der Waals surface area contributed by atoms with E-state index in [0.717, 1.165) is 0 Å². The smallest absolute Gasteiger partial charge is 0.410 e. The first-order chi connectivity index (χ1) is 25.5. The molecule has 2 aliphatic rings. The van der Waals surface area contributed by atoms with Crippen LogP contribution in [0, 0.1) is 5.41 Å². The summed E-state index contributed by atoms with van der Waals surface area (Å²) in [5.74, 6) is -3.73. The molecule has 0 spiro atoms. The van der Waals surface area contributed by atoms with Gasteiger partial charge < -0.3 is 34.1 Å². The number of nitrogens with zero attached hydrogens (tertiary/aromatic N) is 3. The summed E-state index contributed by atoms with van der Waals surface area (Å²) in [6, 6.07) is 5.88. The Morgan fingerprint density at radius 2 is 1.49 bits per heavy atom. The van der Waals surface area contributed by atoms with Crippen molar-refractivity contribution in [2.24, 2.45) is 5.41 Å². The molecule has 2 atom stereocenters. The van der Waals surface area contributed by atoms with Crippen molar-refractivity contribution in [3.63, 3.8) is 0 Å². The number of carbonyl (C=O) groups is 7. The molecule has 1 N–H and O–H groups in total. The van der Waals surface area contributed by atoms with Crippen molar-refractivity contribution >= 4 is 47.3 Å². The van der Waals surface area contributed by atoms with Gasteiger partial charge in [0, 0.05) is 64.7 Å². The number of likely N-dealkylation sites (tertiary alicyclic amines) is 1. The first kappa shape index (κ1) is 44.9. The minimum absolute atomic E-state index is 0.0885. The number of nitrogens with one attached hydrogen (secondary N) is 1. The fraction of sp³-hybridized carbons (Fsp3) is 0.675. The second-order valence-corrected chi connectivity index (χ2v) is 16.8. The largest absolute Gasteiger partial charge is 0.465 e. The SMILES string of the molecule is CC(=O)OCC(C)(C)C(=O)C(=O)N1CCCC[C@H]1C(=O)O[C@H](CCN1CCN(C(=O)OC(C)(C)C)CC1)c1cccc(NC(=O)CCC(=O)OC(C)(C)C)c1. The van der Waals surface area contributed by atoms with E-state index in [9.17, 15) is 33.6 Å². The minimum Gasteiger partial charge on any atom is -0.465 e. The lowest BCUT2D eigenvalue weighted by atomic mass is 9.87. The van der Waals surface area contributed by atoms with E-state index < -0.39 is 64.3 Å². The highest BCUT2D eigenvalue weighted by Gasteiger charge is 2.42.